The van der Waals surface area contributed by atoms with Crippen LogP contribution in [0.2, 0.25) is 0 Å². The smallest absolute Gasteiger partial charge is 0.335 e. The number of nitrogens with one attached hydrogen (secondary N) is 2. The summed E-state index contributed by atoms with van der Waals surface area (Å²) in [6, 6.07) is 5.00. The van der Waals surface area contributed by atoms with E-state index in [1.807, 2.05) is 0 Å². The van der Waals surface area contributed by atoms with Crippen LogP contribution in [0.3, 0.4) is 0 Å². The number of hydrogen-bond acceptors (Lipinski definition) is 3. The molecule has 5 heteroatoms. The van der Waals surface area contributed by atoms with Gasteiger partial charge >= 0.3 is 5.97 Å². The molecule has 0 bridgehead atoms. The molecule has 0 aliphatic carbocycles. The molecule has 0 saturated heterocycles. The number of aromatic nitrogens is 1. The van der Waals surface area contributed by atoms with Gasteiger partial charge in [-0.3, -0.25) is 0 Å². The molecule has 1 aromatic carbocycles. The molecule has 2 heterocycles. The Bertz CT molecular complexity index is 603. The first kappa shape index (κ1) is 10.3. The third-order valence-electron chi connectivity index (χ3n) is 3.20. The van der Waals surface area contributed by atoms with Crippen molar-refractivity contribution in [3.05, 3.63) is 35.0 Å². The van der Waals surface area contributed by atoms with Crippen molar-refractivity contribution in [3.8, 4) is 0 Å². The summed E-state index contributed by atoms with van der Waals surface area (Å²) in [7, 11) is 0. The Morgan fingerprint density at radius 2 is 2.29 bits per heavy atom. The summed E-state index contributed by atoms with van der Waals surface area (Å²) in [5, 5.41) is 13.1. The number of aromatic amines is 1. The van der Waals surface area contributed by atoms with Crippen molar-refractivity contribution >= 4 is 16.9 Å². The van der Waals surface area contributed by atoms with Gasteiger partial charge < -0.3 is 21.1 Å². The fraction of sp³-hybridized carbons (Fsp3) is 0.250. The summed E-state index contributed by atoms with van der Waals surface area (Å²) in [4.78, 5) is 14.2. The zero-order valence-corrected chi connectivity index (χ0v) is 9.16. The molecule has 1 unspecified atom stereocenters. The van der Waals surface area contributed by atoms with Crippen molar-refractivity contribution in [2.24, 2.45) is 5.73 Å². The highest BCUT2D eigenvalue weighted by molar-refractivity contribution is 5.95. The largest absolute Gasteiger partial charge is 0.478 e. The van der Waals surface area contributed by atoms with Crippen LogP contribution in [0.1, 0.15) is 27.7 Å². The van der Waals surface area contributed by atoms with E-state index < -0.39 is 5.97 Å². The standard InChI is InChI=1S/C12H13N3O2/c13-8-4-14-5-10-11(8)7-3-6(12(16)17)1-2-9(7)15-10/h1-3,8,14-15H,4-5,13H2,(H,16,17). The van der Waals surface area contributed by atoms with Crippen LogP contribution in [0, 0.1) is 0 Å². The maximum Gasteiger partial charge on any atom is 0.335 e. The van der Waals surface area contributed by atoms with E-state index in [-0.39, 0.29) is 6.04 Å². The summed E-state index contributed by atoms with van der Waals surface area (Å²) < 4.78 is 0. The number of carboxylic acid groups (broad SMARTS) is 1. The summed E-state index contributed by atoms with van der Waals surface area (Å²) in [5.41, 5.74) is 9.39. The Morgan fingerprint density at radius 1 is 1.47 bits per heavy atom. The van der Waals surface area contributed by atoms with Gasteiger partial charge in [0, 0.05) is 41.3 Å². The second kappa shape index (κ2) is 3.58. The second-order valence-corrected chi connectivity index (χ2v) is 4.32. The number of aromatic carboxylic acids is 1. The van der Waals surface area contributed by atoms with E-state index in [0.29, 0.717) is 5.56 Å². The van der Waals surface area contributed by atoms with Gasteiger partial charge in [-0.05, 0) is 18.2 Å². The SMILES string of the molecule is NC1CNCc2[nH]c3ccc(C(=O)O)cc3c21. The highest BCUT2D eigenvalue weighted by atomic mass is 16.4. The van der Waals surface area contributed by atoms with Crippen LogP contribution in [-0.4, -0.2) is 22.6 Å². The van der Waals surface area contributed by atoms with E-state index in [1.165, 1.54) is 0 Å². The number of benzene rings is 1. The lowest BCUT2D eigenvalue weighted by molar-refractivity contribution is 0.0697. The van der Waals surface area contributed by atoms with Crippen molar-refractivity contribution in [3.63, 3.8) is 0 Å². The molecule has 1 atom stereocenters. The number of rotatable bonds is 1. The zero-order chi connectivity index (χ0) is 12.0. The molecule has 1 aromatic heterocycles. The topological polar surface area (TPSA) is 91.1 Å². The summed E-state index contributed by atoms with van der Waals surface area (Å²) in [5.74, 6) is -0.913. The van der Waals surface area contributed by atoms with E-state index >= 15 is 0 Å². The van der Waals surface area contributed by atoms with Gasteiger partial charge in [-0.25, -0.2) is 4.79 Å². The van der Waals surface area contributed by atoms with Gasteiger partial charge in [0.05, 0.1) is 5.56 Å². The highest BCUT2D eigenvalue weighted by Gasteiger charge is 2.22. The first-order valence-electron chi connectivity index (χ1n) is 5.51. The third-order valence-corrected chi connectivity index (χ3v) is 3.20. The van der Waals surface area contributed by atoms with Gasteiger partial charge in [0.1, 0.15) is 0 Å². The van der Waals surface area contributed by atoms with Gasteiger partial charge in [0.25, 0.3) is 0 Å². The Balaban J connectivity index is 2.27. The van der Waals surface area contributed by atoms with Crippen LogP contribution in [0.5, 0.6) is 0 Å². The van der Waals surface area contributed by atoms with Crippen LogP contribution < -0.4 is 11.1 Å². The summed E-state index contributed by atoms with van der Waals surface area (Å²) >= 11 is 0. The van der Waals surface area contributed by atoms with Gasteiger partial charge in [-0.2, -0.15) is 0 Å². The molecule has 3 rings (SSSR count). The fourth-order valence-electron chi connectivity index (χ4n) is 2.42. The van der Waals surface area contributed by atoms with Gasteiger partial charge in [-0.1, -0.05) is 0 Å². The van der Waals surface area contributed by atoms with Crippen molar-refractivity contribution < 1.29 is 9.90 Å². The van der Waals surface area contributed by atoms with Crippen molar-refractivity contribution in [2.45, 2.75) is 12.6 Å². The minimum atomic E-state index is -0.913. The normalized spacial score (nSPS) is 19.2. The average molecular weight is 231 g/mol. The molecular formula is C12H13N3O2. The van der Waals surface area contributed by atoms with Crippen LogP contribution in [0.4, 0.5) is 0 Å². The van der Waals surface area contributed by atoms with E-state index in [4.69, 9.17) is 10.8 Å². The van der Waals surface area contributed by atoms with E-state index in [2.05, 4.69) is 10.3 Å². The summed E-state index contributed by atoms with van der Waals surface area (Å²) in [6.07, 6.45) is 0. The maximum absolute atomic E-state index is 11.0. The average Bonchev–Trinajstić information content (AvgIpc) is 2.67. The Kier molecular flexibility index (Phi) is 2.17. The molecule has 0 radical (unpaired) electrons. The van der Waals surface area contributed by atoms with E-state index in [0.717, 1.165) is 35.2 Å². The molecule has 1 aliphatic heterocycles. The number of hydrogen-bond donors (Lipinski definition) is 4. The molecule has 17 heavy (non-hydrogen) atoms. The first-order valence-corrected chi connectivity index (χ1v) is 5.51. The lowest BCUT2D eigenvalue weighted by atomic mass is 9.99. The van der Waals surface area contributed by atoms with Gasteiger partial charge in [0.15, 0.2) is 0 Å². The number of nitrogens with two attached hydrogens (primary N) is 1. The van der Waals surface area contributed by atoms with Gasteiger partial charge in [-0.15, -0.1) is 0 Å². The quantitative estimate of drug-likeness (QED) is 0.588. The lowest BCUT2D eigenvalue weighted by Gasteiger charge is -2.20. The van der Waals surface area contributed by atoms with Crippen LogP contribution >= 0.6 is 0 Å². The van der Waals surface area contributed by atoms with Gasteiger partial charge in [0.2, 0.25) is 0 Å². The molecular weight excluding hydrogens is 218 g/mol. The number of H-pyrrole nitrogens is 1. The minimum Gasteiger partial charge on any atom is -0.478 e. The third kappa shape index (κ3) is 1.51. The molecule has 88 valence electrons. The Hall–Kier alpha value is -1.85. The Labute approximate surface area is 97.6 Å². The van der Waals surface area contributed by atoms with Crippen LogP contribution in [0.15, 0.2) is 18.2 Å². The van der Waals surface area contributed by atoms with Crippen molar-refractivity contribution in [1.82, 2.24) is 10.3 Å². The molecule has 5 nitrogen and oxygen atoms in total. The number of fused-ring (bicyclic) bond motifs is 3. The molecule has 5 N–H and O–H groups in total. The van der Waals surface area contributed by atoms with Crippen LogP contribution in [0.25, 0.3) is 10.9 Å². The van der Waals surface area contributed by atoms with E-state index in [1.54, 1.807) is 18.2 Å². The first-order chi connectivity index (χ1) is 8.16. The number of carbonyl (C=O) groups is 1. The minimum absolute atomic E-state index is 0.0865. The maximum atomic E-state index is 11.0. The summed E-state index contributed by atoms with van der Waals surface area (Å²) in [6.45, 7) is 1.47. The zero-order valence-electron chi connectivity index (χ0n) is 9.16. The second-order valence-electron chi connectivity index (χ2n) is 4.32. The molecule has 0 amide bonds. The van der Waals surface area contributed by atoms with Crippen LogP contribution in [-0.2, 0) is 6.54 Å². The van der Waals surface area contributed by atoms with E-state index in [9.17, 15) is 4.79 Å². The molecule has 0 spiro atoms. The monoisotopic (exact) mass is 231 g/mol. The molecule has 0 fully saturated rings. The highest BCUT2D eigenvalue weighted by Crippen LogP contribution is 2.29. The lowest BCUT2D eigenvalue weighted by Crippen LogP contribution is -2.32. The predicted molar refractivity (Wildman–Crippen MR) is 63.9 cm³/mol. The fourth-order valence-corrected chi connectivity index (χ4v) is 2.42. The predicted octanol–water partition coefficient (Wildman–Crippen LogP) is 0.969. The van der Waals surface area contributed by atoms with Crippen molar-refractivity contribution in [1.29, 1.82) is 0 Å². The Morgan fingerprint density at radius 3 is 3.06 bits per heavy atom. The molecule has 0 saturated carbocycles. The molecule has 2 aromatic rings. The number of carboxylic acids is 1. The molecule has 1 aliphatic rings. The van der Waals surface area contributed by atoms with Crippen molar-refractivity contribution in [2.75, 3.05) is 6.54 Å².